The molecule has 4 heteroatoms. The van der Waals surface area contributed by atoms with Crippen LogP contribution in [0.1, 0.15) is 37.4 Å². The van der Waals surface area contributed by atoms with Crippen LogP contribution in [-0.4, -0.2) is 29.4 Å². The Morgan fingerprint density at radius 1 is 1.26 bits per heavy atom. The Bertz CT molecular complexity index is 399. The molecule has 1 aliphatic rings. The van der Waals surface area contributed by atoms with Crippen LogP contribution in [0.25, 0.3) is 0 Å². The zero-order valence-electron chi connectivity index (χ0n) is 11.1. The summed E-state index contributed by atoms with van der Waals surface area (Å²) < 4.78 is 0. The van der Waals surface area contributed by atoms with E-state index in [1.54, 1.807) is 6.07 Å². The zero-order chi connectivity index (χ0) is 13.7. The number of rotatable bonds is 5. The van der Waals surface area contributed by atoms with Crippen molar-refractivity contribution in [2.75, 3.05) is 13.2 Å². The van der Waals surface area contributed by atoms with Gasteiger partial charge in [0.05, 0.1) is 6.10 Å². The van der Waals surface area contributed by atoms with E-state index in [4.69, 9.17) is 11.6 Å². The first kappa shape index (κ1) is 14.8. The molecule has 0 unspecified atom stereocenters. The van der Waals surface area contributed by atoms with Gasteiger partial charge in [0.1, 0.15) is 0 Å². The van der Waals surface area contributed by atoms with Gasteiger partial charge in [0, 0.05) is 29.8 Å². The van der Waals surface area contributed by atoms with Gasteiger partial charge in [-0.15, -0.1) is 0 Å². The van der Waals surface area contributed by atoms with Crippen molar-refractivity contribution in [1.29, 1.82) is 0 Å². The number of hydrogen-bond donors (Lipinski definition) is 3. The minimum atomic E-state index is -0.602. The summed E-state index contributed by atoms with van der Waals surface area (Å²) in [4.78, 5) is 0. The fraction of sp³-hybridized carbons (Fsp3) is 0.600. The summed E-state index contributed by atoms with van der Waals surface area (Å²) in [5.41, 5.74) is 0.757. The number of aliphatic hydroxyl groups excluding tert-OH is 2. The first-order valence-electron chi connectivity index (χ1n) is 6.99. The van der Waals surface area contributed by atoms with Gasteiger partial charge in [-0.25, -0.2) is 0 Å². The van der Waals surface area contributed by atoms with Gasteiger partial charge in [-0.1, -0.05) is 42.6 Å². The van der Waals surface area contributed by atoms with Crippen LogP contribution in [0, 0.1) is 5.92 Å². The molecule has 1 aromatic carbocycles. The molecule has 0 aliphatic heterocycles. The zero-order valence-corrected chi connectivity index (χ0v) is 11.8. The molecule has 19 heavy (non-hydrogen) atoms. The number of aliphatic hydroxyl groups is 2. The fourth-order valence-electron chi connectivity index (χ4n) is 2.81. The van der Waals surface area contributed by atoms with Gasteiger partial charge in [0.15, 0.2) is 0 Å². The number of hydrogen-bond acceptors (Lipinski definition) is 3. The van der Waals surface area contributed by atoms with Crippen molar-refractivity contribution in [3.63, 3.8) is 0 Å². The lowest BCUT2D eigenvalue weighted by Crippen LogP contribution is -2.42. The Balaban J connectivity index is 1.89. The average Bonchev–Trinajstić information content (AvgIpc) is 2.45. The Labute approximate surface area is 119 Å². The van der Waals surface area contributed by atoms with E-state index in [0.717, 1.165) is 18.4 Å². The van der Waals surface area contributed by atoms with E-state index in [1.807, 2.05) is 18.2 Å². The van der Waals surface area contributed by atoms with Crippen LogP contribution in [0.15, 0.2) is 24.3 Å². The van der Waals surface area contributed by atoms with E-state index < -0.39 is 6.10 Å². The molecule has 1 fully saturated rings. The summed E-state index contributed by atoms with van der Waals surface area (Å²) in [6.45, 7) is 0.699. The summed E-state index contributed by atoms with van der Waals surface area (Å²) in [6, 6.07) is 7.67. The van der Waals surface area contributed by atoms with Crippen molar-refractivity contribution < 1.29 is 10.2 Å². The monoisotopic (exact) mass is 283 g/mol. The predicted octanol–water partition coefficient (Wildman–Crippen LogP) is 2.51. The molecule has 3 nitrogen and oxygen atoms in total. The van der Waals surface area contributed by atoms with Gasteiger partial charge in [-0.2, -0.15) is 0 Å². The molecule has 0 radical (unpaired) electrons. The lowest BCUT2D eigenvalue weighted by molar-refractivity contribution is 0.127. The molecule has 1 saturated carbocycles. The highest BCUT2D eigenvalue weighted by Gasteiger charge is 2.24. The summed E-state index contributed by atoms with van der Waals surface area (Å²) in [5, 5.41) is 23.5. The average molecular weight is 284 g/mol. The molecule has 1 aromatic rings. The van der Waals surface area contributed by atoms with Crippen molar-refractivity contribution in [3.8, 4) is 0 Å². The summed E-state index contributed by atoms with van der Waals surface area (Å²) in [6.07, 6.45) is 3.92. The Morgan fingerprint density at radius 3 is 2.74 bits per heavy atom. The van der Waals surface area contributed by atoms with Crippen LogP contribution in [0.3, 0.4) is 0 Å². The third kappa shape index (κ3) is 3.93. The number of benzene rings is 1. The van der Waals surface area contributed by atoms with Crippen molar-refractivity contribution in [2.45, 2.75) is 37.8 Å². The first-order valence-corrected chi connectivity index (χ1v) is 7.37. The smallest absolute Gasteiger partial charge is 0.0928 e. The third-order valence-corrected chi connectivity index (χ3v) is 4.33. The maximum absolute atomic E-state index is 10.2. The third-order valence-electron chi connectivity index (χ3n) is 3.98. The largest absolute Gasteiger partial charge is 0.396 e. The fourth-order valence-corrected chi connectivity index (χ4v) is 3.07. The molecule has 0 heterocycles. The standard InChI is InChI=1S/C15H22ClNO2/c16-13-7-3-2-6-12(13)15(19)9-17-14-8-4-1-5-11(14)10-18/h2-3,6-7,11,14-15,17-19H,1,4-5,8-10H2/t11-,14+,15-/m0/s1. The van der Waals surface area contributed by atoms with Crippen LogP contribution >= 0.6 is 11.6 Å². The number of halogens is 1. The van der Waals surface area contributed by atoms with Gasteiger partial charge >= 0.3 is 0 Å². The minimum absolute atomic E-state index is 0.222. The van der Waals surface area contributed by atoms with Crippen molar-refractivity contribution in [1.82, 2.24) is 5.32 Å². The topological polar surface area (TPSA) is 52.5 Å². The van der Waals surface area contributed by atoms with E-state index in [1.165, 1.54) is 12.8 Å². The quantitative estimate of drug-likeness (QED) is 0.778. The molecule has 2 rings (SSSR count). The molecule has 0 saturated heterocycles. The van der Waals surface area contributed by atoms with Crippen LogP contribution in [0.5, 0.6) is 0 Å². The Hall–Kier alpha value is -0.610. The van der Waals surface area contributed by atoms with Crippen LogP contribution in [0.2, 0.25) is 5.02 Å². The second-order valence-corrected chi connectivity index (χ2v) is 5.69. The highest BCUT2D eigenvalue weighted by molar-refractivity contribution is 6.31. The van der Waals surface area contributed by atoms with E-state index in [0.29, 0.717) is 23.5 Å². The molecule has 1 aliphatic carbocycles. The highest BCUT2D eigenvalue weighted by atomic mass is 35.5. The molecule has 3 atom stereocenters. The molecular formula is C15H22ClNO2. The van der Waals surface area contributed by atoms with Crippen molar-refractivity contribution >= 4 is 11.6 Å². The second-order valence-electron chi connectivity index (χ2n) is 5.28. The van der Waals surface area contributed by atoms with Crippen LogP contribution in [0.4, 0.5) is 0 Å². The molecule has 106 valence electrons. The van der Waals surface area contributed by atoms with Crippen LogP contribution in [-0.2, 0) is 0 Å². The predicted molar refractivity (Wildman–Crippen MR) is 77.2 cm³/mol. The minimum Gasteiger partial charge on any atom is -0.396 e. The SMILES string of the molecule is OC[C@@H]1CCCC[C@H]1NC[C@H](O)c1ccccc1Cl. The molecule has 0 bridgehead atoms. The highest BCUT2D eigenvalue weighted by Crippen LogP contribution is 2.26. The van der Waals surface area contributed by atoms with Gasteiger partial charge in [-0.05, 0) is 24.8 Å². The number of nitrogens with one attached hydrogen (secondary N) is 1. The van der Waals surface area contributed by atoms with Gasteiger partial charge in [0.25, 0.3) is 0 Å². The Morgan fingerprint density at radius 2 is 2.00 bits per heavy atom. The van der Waals surface area contributed by atoms with E-state index in [-0.39, 0.29) is 6.61 Å². The summed E-state index contributed by atoms with van der Waals surface area (Å²) in [5.74, 6) is 0.312. The summed E-state index contributed by atoms with van der Waals surface area (Å²) >= 11 is 6.07. The second kappa shape index (κ2) is 7.25. The van der Waals surface area contributed by atoms with Crippen molar-refractivity contribution in [3.05, 3.63) is 34.9 Å². The van der Waals surface area contributed by atoms with Gasteiger partial charge in [0.2, 0.25) is 0 Å². The van der Waals surface area contributed by atoms with E-state index in [9.17, 15) is 10.2 Å². The maximum Gasteiger partial charge on any atom is 0.0928 e. The molecule has 0 amide bonds. The summed E-state index contributed by atoms with van der Waals surface area (Å²) in [7, 11) is 0. The van der Waals surface area contributed by atoms with Crippen LogP contribution < -0.4 is 5.32 Å². The van der Waals surface area contributed by atoms with Crippen molar-refractivity contribution in [2.24, 2.45) is 5.92 Å². The van der Waals surface area contributed by atoms with E-state index in [2.05, 4.69) is 5.32 Å². The molecule has 0 aromatic heterocycles. The molecular weight excluding hydrogens is 262 g/mol. The molecule has 3 N–H and O–H groups in total. The van der Waals surface area contributed by atoms with E-state index >= 15 is 0 Å². The lowest BCUT2D eigenvalue weighted by atomic mass is 9.85. The first-order chi connectivity index (χ1) is 9.22. The van der Waals surface area contributed by atoms with Gasteiger partial charge < -0.3 is 15.5 Å². The Kier molecular flexibility index (Phi) is 5.64. The normalized spacial score (nSPS) is 25.2. The molecule has 0 spiro atoms. The van der Waals surface area contributed by atoms with Gasteiger partial charge in [-0.3, -0.25) is 0 Å². The lowest BCUT2D eigenvalue weighted by Gasteiger charge is -2.31. The maximum atomic E-state index is 10.2.